The molecule has 9 heteroatoms. The molecule has 1 aliphatic heterocycles. The number of carbonyl (C=O) groups excluding carboxylic acids is 2. The first-order valence-corrected chi connectivity index (χ1v) is 10.3. The zero-order chi connectivity index (χ0) is 22.0. The smallest absolute Gasteiger partial charge is 0.416 e. The summed E-state index contributed by atoms with van der Waals surface area (Å²) in [5.74, 6) is -0.0880. The topological polar surface area (TPSA) is 62.6 Å². The minimum atomic E-state index is -4.45. The molecule has 1 atom stereocenters. The van der Waals surface area contributed by atoms with Crippen molar-refractivity contribution in [3.63, 3.8) is 0 Å². The molecule has 0 unspecified atom stereocenters. The highest BCUT2D eigenvalue weighted by atomic mass is 32.2. The second-order valence-electron chi connectivity index (χ2n) is 6.90. The van der Waals surface area contributed by atoms with Crippen LogP contribution < -0.4 is 10.2 Å². The summed E-state index contributed by atoms with van der Waals surface area (Å²) < 4.78 is 43.6. The van der Waals surface area contributed by atoms with Crippen LogP contribution in [0.5, 0.6) is 0 Å². The predicted molar refractivity (Wildman–Crippen MR) is 111 cm³/mol. The molecule has 160 valence electrons. The third kappa shape index (κ3) is 4.77. The number of nitrogens with zero attached hydrogens (tertiary/aromatic N) is 1. The summed E-state index contributed by atoms with van der Waals surface area (Å²) in [6, 6.07) is 15.0. The van der Waals surface area contributed by atoms with E-state index in [0.29, 0.717) is 11.4 Å². The summed E-state index contributed by atoms with van der Waals surface area (Å²) in [4.78, 5) is 27.8. The number of benzene rings is 2. The second-order valence-corrected chi connectivity index (χ2v) is 8.14. The van der Waals surface area contributed by atoms with Crippen LogP contribution in [0, 0.1) is 0 Å². The molecule has 0 fully saturated rings. The number of halogens is 3. The Morgan fingerprint density at radius 2 is 1.84 bits per heavy atom. The Kier molecular flexibility index (Phi) is 5.77. The lowest BCUT2D eigenvalue weighted by molar-refractivity contribution is -0.137. The van der Waals surface area contributed by atoms with Crippen molar-refractivity contribution in [2.45, 2.75) is 22.7 Å². The van der Waals surface area contributed by atoms with Crippen LogP contribution in [0.2, 0.25) is 0 Å². The fourth-order valence-electron chi connectivity index (χ4n) is 3.27. The van der Waals surface area contributed by atoms with Gasteiger partial charge < -0.3 is 14.6 Å². The zero-order valence-electron chi connectivity index (χ0n) is 16.1. The van der Waals surface area contributed by atoms with Crippen LogP contribution in [-0.2, 0) is 15.8 Å². The lowest BCUT2D eigenvalue weighted by Gasteiger charge is -2.22. The lowest BCUT2D eigenvalue weighted by atomic mass is 10.2. The number of para-hydroxylation sites is 1. The van der Waals surface area contributed by atoms with Gasteiger partial charge in [0.1, 0.15) is 12.3 Å². The van der Waals surface area contributed by atoms with Crippen LogP contribution in [0.1, 0.15) is 23.0 Å². The number of nitrogens with one attached hydrogen (secondary N) is 1. The fourth-order valence-corrected chi connectivity index (χ4v) is 4.51. The van der Waals surface area contributed by atoms with Crippen LogP contribution in [0.4, 0.5) is 24.5 Å². The van der Waals surface area contributed by atoms with Crippen LogP contribution in [0.15, 0.2) is 76.2 Å². The molecular formula is C22H17F3N2O3S. The average molecular weight is 446 g/mol. The number of hydrogen-bond donors (Lipinski definition) is 1. The molecule has 1 aliphatic rings. The van der Waals surface area contributed by atoms with E-state index in [1.54, 1.807) is 30.5 Å². The van der Waals surface area contributed by atoms with E-state index in [2.05, 4.69) is 5.32 Å². The van der Waals surface area contributed by atoms with E-state index in [1.807, 2.05) is 12.1 Å². The first-order chi connectivity index (χ1) is 14.8. The van der Waals surface area contributed by atoms with Gasteiger partial charge in [0.25, 0.3) is 0 Å². The number of fused-ring (bicyclic) bond motifs is 1. The third-order valence-electron chi connectivity index (χ3n) is 4.74. The Morgan fingerprint density at radius 1 is 1.10 bits per heavy atom. The molecule has 1 N–H and O–H groups in total. The second kappa shape index (κ2) is 8.50. The van der Waals surface area contributed by atoms with E-state index >= 15 is 0 Å². The molecule has 3 aromatic rings. The molecular weight excluding hydrogens is 429 g/mol. The lowest BCUT2D eigenvalue weighted by Crippen LogP contribution is -2.38. The van der Waals surface area contributed by atoms with Crippen LogP contribution in [-0.4, -0.2) is 18.4 Å². The van der Waals surface area contributed by atoms with Gasteiger partial charge in [0, 0.05) is 17.0 Å². The number of thioether (sulfide) groups is 1. The van der Waals surface area contributed by atoms with Crippen molar-refractivity contribution >= 4 is 35.0 Å². The minimum Gasteiger partial charge on any atom is -0.468 e. The van der Waals surface area contributed by atoms with Crippen LogP contribution >= 0.6 is 11.8 Å². The van der Waals surface area contributed by atoms with Gasteiger partial charge in [-0.15, -0.1) is 11.8 Å². The fraction of sp³-hybridized carbons (Fsp3) is 0.182. The normalized spacial score (nSPS) is 16.5. The van der Waals surface area contributed by atoms with E-state index < -0.39 is 17.6 Å². The van der Waals surface area contributed by atoms with Crippen LogP contribution in [0.3, 0.4) is 0 Å². The average Bonchev–Trinajstić information content (AvgIpc) is 3.22. The molecule has 5 nitrogen and oxygen atoms in total. The molecule has 0 saturated heterocycles. The van der Waals surface area contributed by atoms with Gasteiger partial charge in [0.15, 0.2) is 0 Å². The van der Waals surface area contributed by atoms with Gasteiger partial charge in [-0.05, 0) is 48.5 Å². The van der Waals surface area contributed by atoms with E-state index in [0.717, 1.165) is 17.0 Å². The molecule has 1 aromatic heterocycles. The molecule has 0 bridgehead atoms. The van der Waals surface area contributed by atoms with E-state index in [9.17, 15) is 22.8 Å². The SMILES string of the molecule is O=C(CN1C(=O)C[C@H](c2ccco2)Sc2ccccc21)Nc1ccc(C(F)(F)F)cc1. The van der Waals surface area contributed by atoms with Crippen molar-refractivity contribution in [3.05, 3.63) is 78.3 Å². The number of furan rings is 1. The quantitative estimate of drug-likeness (QED) is 0.574. The molecule has 2 aromatic carbocycles. The molecule has 0 radical (unpaired) electrons. The number of anilines is 2. The van der Waals surface area contributed by atoms with Crippen molar-refractivity contribution < 1.29 is 27.2 Å². The standard InChI is InChI=1S/C22H17F3N2O3S/c23-22(24,25)14-7-9-15(10-8-14)26-20(28)13-27-16-4-1-2-6-18(16)31-19(12-21(27)29)17-5-3-11-30-17/h1-11,19H,12-13H2,(H,26,28)/t19-/m1/s1. The van der Waals surface area contributed by atoms with Gasteiger partial charge in [-0.1, -0.05) is 12.1 Å². The molecule has 0 spiro atoms. The maximum absolute atomic E-state index is 13.0. The number of rotatable bonds is 4. The summed E-state index contributed by atoms with van der Waals surface area (Å²) in [6.07, 6.45) is -2.76. The zero-order valence-corrected chi connectivity index (χ0v) is 16.9. The maximum Gasteiger partial charge on any atom is 0.416 e. The van der Waals surface area contributed by atoms with Gasteiger partial charge in [-0.25, -0.2) is 0 Å². The summed E-state index contributed by atoms with van der Waals surface area (Å²) in [7, 11) is 0. The first-order valence-electron chi connectivity index (χ1n) is 9.38. The highest BCUT2D eigenvalue weighted by Crippen LogP contribution is 2.45. The van der Waals surface area contributed by atoms with E-state index in [-0.39, 0.29) is 29.8 Å². The van der Waals surface area contributed by atoms with Crippen molar-refractivity contribution in [1.82, 2.24) is 0 Å². The number of carbonyl (C=O) groups is 2. The summed E-state index contributed by atoms with van der Waals surface area (Å²) in [5.41, 5.74) is 0.0219. The Hall–Kier alpha value is -3.20. The van der Waals surface area contributed by atoms with Gasteiger partial charge in [-0.3, -0.25) is 9.59 Å². The van der Waals surface area contributed by atoms with Crippen LogP contribution in [0.25, 0.3) is 0 Å². The Labute approximate surface area is 180 Å². The Balaban J connectivity index is 1.52. The van der Waals surface area contributed by atoms with Crippen molar-refractivity contribution in [2.24, 2.45) is 0 Å². The monoisotopic (exact) mass is 446 g/mol. The highest BCUT2D eigenvalue weighted by molar-refractivity contribution is 7.99. The number of amides is 2. The number of alkyl halides is 3. The third-order valence-corrected chi connectivity index (χ3v) is 6.03. The predicted octanol–water partition coefficient (Wildman–Crippen LogP) is 5.51. The number of hydrogen-bond acceptors (Lipinski definition) is 4. The largest absolute Gasteiger partial charge is 0.468 e. The van der Waals surface area contributed by atoms with E-state index in [1.165, 1.54) is 28.8 Å². The first kappa shape index (κ1) is 21.0. The Morgan fingerprint density at radius 3 is 2.52 bits per heavy atom. The van der Waals surface area contributed by atoms with Gasteiger partial charge in [0.2, 0.25) is 11.8 Å². The summed E-state index contributed by atoms with van der Waals surface area (Å²) in [5, 5.41) is 2.32. The molecule has 0 saturated carbocycles. The summed E-state index contributed by atoms with van der Waals surface area (Å²) >= 11 is 1.48. The van der Waals surface area contributed by atoms with Gasteiger partial charge in [-0.2, -0.15) is 13.2 Å². The molecule has 31 heavy (non-hydrogen) atoms. The Bertz CT molecular complexity index is 1080. The highest BCUT2D eigenvalue weighted by Gasteiger charge is 2.32. The maximum atomic E-state index is 13.0. The molecule has 4 rings (SSSR count). The van der Waals surface area contributed by atoms with Crippen molar-refractivity contribution in [2.75, 3.05) is 16.8 Å². The molecule has 0 aliphatic carbocycles. The summed E-state index contributed by atoms with van der Waals surface area (Å²) in [6.45, 7) is -0.262. The van der Waals surface area contributed by atoms with Crippen molar-refractivity contribution in [1.29, 1.82) is 0 Å². The van der Waals surface area contributed by atoms with Gasteiger partial charge in [0.05, 0.1) is 22.8 Å². The van der Waals surface area contributed by atoms with Gasteiger partial charge >= 0.3 is 6.18 Å². The minimum absolute atomic E-state index is 0.139. The van der Waals surface area contributed by atoms with E-state index in [4.69, 9.17) is 4.42 Å². The molecule has 2 amide bonds. The molecule has 2 heterocycles. The van der Waals surface area contributed by atoms with Crippen molar-refractivity contribution in [3.8, 4) is 0 Å².